The van der Waals surface area contributed by atoms with E-state index in [4.69, 9.17) is 10.6 Å². The van der Waals surface area contributed by atoms with Crippen molar-refractivity contribution in [1.82, 2.24) is 0 Å². The molecule has 0 rings (SSSR count). The zero-order valence-corrected chi connectivity index (χ0v) is 2.43. The van der Waals surface area contributed by atoms with E-state index in [-0.39, 0.29) is 0 Å². The first-order valence-corrected chi connectivity index (χ1v) is 1.01. The highest BCUT2D eigenvalue weighted by Crippen LogP contribution is 1.67. The normalized spacial score (nSPS) is 28.0. The zero-order chi connectivity index (χ0) is 7.65. The molecule has 0 aliphatic heterocycles. The van der Waals surface area contributed by atoms with Crippen LogP contribution in [0.1, 0.15) is 18.7 Å². The van der Waals surface area contributed by atoms with E-state index in [1.165, 1.54) is 0 Å². The van der Waals surface area contributed by atoms with E-state index in [9.17, 15) is 4.79 Å². The Bertz CT molecular complexity index is 117. The molecule has 0 saturated heterocycles. The molecule has 0 radical (unpaired) electrons. The number of carboxylic acids is 1. The van der Waals surface area contributed by atoms with Crippen molar-refractivity contribution in [2.75, 3.05) is 0 Å². The van der Waals surface area contributed by atoms with Gasteiger partial charge >= 0.3 is 5.97 Å². The fourth-order valence-electron chi connectivity index (χ4n) is 0. The molecule has 1 unspecified atom stereocenters. The van der Waals surface area contributed by atoms with Gasteiger partial charge in [0.05, 0.1) is 0 Å². The van der Waals surface area contributed by atoms with Crippen molar-refractivity contribution in [3.63, 3.8) is 0 Å². The Morgan fingerprint density at radius 3 is 3.20 bits per heavy atom. The van der Waals surface area contributed by atoms with E-state index in [0.717, 1.165) is 0 Å². The molecule has 5 heavy (non-hydrogen) atoms. The summed E-state index contributed by atoms with van der Waals surface area (Å²) >= 11 is 0. The van der Waals surface area contributed by atoms with Gasteiger partial charge in [-0.05, 0) is 0 Å². The average Bonchev–Trinajstić information content (AvgIpc) is 1.62. The SMILES string of the molecule is [2H]C(C(=O)O)C([2H])([2H])[2H]. The number of carboxylic acid groups (broad SMARTS) is 1. The molecule has 0 heterocycles. The van der Waals surface area contributed by atoms with Crippen LogP contribution < -0.4 is 0 Å². The van der Waals surface area contributed by atoms with Gasteiger partial charge in [0.25, 0.3) is 0 Å². The van der Waals surface area contributed by atoms with Crippen molar-refractivity contribution >= 4 is 5.97 Å². The molecule has 1 atom stereocenters. The summed E-state index contributed by atoms with van der Waals surface area (Å²) in [4.78, 5) is 9.80. The maximum Gasteiger partial charge on any atom is 0.303 e. The maximum atomic E-state index is 9.80. The number of hydrogen-bond donors (Lipinski definition) is 1. The minimum atomic E-state index is -2.70. The third kappa shape index (κ3) is 3.47. The van der Waals surface area contributed by atoms with Gasteiger partial charge in [-0.1, -0.05) is 6.85 Å². The Balaban J connectivity index is 4.04. The van der Waals surface area contributed by atoms with Crippen LogP contribution in [0.25, 0.3) is 0 Å². The van der Waals surface area contributed by atoms with Crippen LogP contribution in [0.3, 0.4) is 0 Å². The highest BCUT2D eigenvalue weighted by atomic mass is 16.4. The second kappa shape index (κ2) is 1.76. The van der Waals surface area contributed by atoms with Crippen molar-refractivity contribution in [2.45, 2.75) is 13.2 Å². The molecular weight excluding hydrogens is 68.0 g/mol. The summed E-state index contributed by atoms with van der Waals surface area (Å²) in [6, 6.07) is 0. The van der Waals surface area contributed by atoms with E-state index in [1.807, 2.05) is 0 Å². The highest BCUT2D eigenvalue weighted by molar-refractivity contribution is 5.66. The van der Waals surface area contributed by atoms with Crippen molar-refractivity contribution in [3.05, 3.63) is 0 Å². The lowest BCUT2D eigenvalue weighted by Gasteiger charge is -1.71. The molecule has 0 aliphatic rings. The van der Waals surface area contributed by atoms with Crippen LogP contribution in [0.4, 0.5) is 0 Å². The molecule has 0 aromatic carbocycles. The Morgan fingerprint density at radius 1 is 2.60 bits per heavy atom. The lowest BCUT2D eigenvalue weighted by molar-refractivity contribution is -0.136. The number of aliphatic carboxylic acids is 1. The van der Waals surface area contributed by atoms with E-state index >= 15 is 0 Å². The first-order valence-electron chi connectivity index (χ1n) is 3.08. The van der Waals surface area contributed by atoms with Gasteiger partial charge in [-0.2, -0.15) is 0 Å². The van der Waals surface area contributed by atoms with Gasteiger partial charge in [0.1, 0.15) is 0 Å². The van der Waals surface area contributed by atoms with Crippen molar-refractivity contribution in [3.8, 4) is 0 Å². The fraction of sp³-hybridized carbons (Fsp3) is 0.667. The Hall–Kier alpha value is -0.530. The second-order valence-electron chi connectivity index (χ2n) is 0.483. The van der Waals surface area contributed by atoms with Gasteiger partial charge in [0.15, 0.2) is 0 Å². The summed E-state index contributed by atoms with van der Waals surface area (Å²) in [5, 5.41) is 7.97. The monoisotopic (exact) mass is 78.1 g/mol. The third-order valence-electron chi connectivity index (χ3n) is 0.123. The molecule has 0 aromatic rings. The second-order valence-corrected chi connectivity index (χ2v) is 0.483. The maximum absolute atomic E-state index is 9.80. The summed E-state index contributed by atoms with van der Waals surface area (Å²) in [5.41, 5.74) is 0. The number of rotatable bonds is 1. The molecule has 0 spiro atoms. The largest absolute Gasteiger partial charge is 0.481 e. The van der Waals surface area contributed by atoms with E-state index in [1.54, 1.807) is 0 Å². The van der Waals surface area contributed by atoms with Crippen molar-refractivity contribution < 1.29 is 15.4 Å². The van der Waals surface area contributed by atoms with Gasteiger partial charge < -0.3 is 5.11 Å². The first-order chi connectivity index (χ1) is 3.85. The van der Waals surface area contributed by atoms with Gasteiger partial charge in [0, 0.05) is 11.9 Å². The third-order valence-corrected chi connectivity index (χ3v) is 0.123. The Labute approximate surface area is 36.0 Å². The Kier molecular flexibility index (Phi) is 0.339. The van der Waals surface area contributed by atoms with Crippen LogP contribution in [0.2, 0.25) is 0 Å². The van der Waals surface area contributed by atoms with E-state index in [2.05, 4.69) is 0 Å². The lowest BCUT2D eigenvalue weighted by atomic mass is 10.5. The molecule has 2 nitrogen and oxygen atoms in total. The van der Waals surface area contributed by atoms with Crippen LogP contribution in [-0.2, 0) is 4.79 Å². The van der Waals surface area contributed by atoms with Crippen molar-refractivity contribution in [1.29, 1.82) is 0 Å². The predicted octanol–water partition coefficient (Wildman–Crippen LogP) is 0.481. The lowest BCUT2D eigenvalue weighted by Crippen LogP contribution is -1.86. The quantitative estimate of drug-likeness (QED) is 0.495. The molecule has 0 amide bonds. The van der Waals surface area contributed by atoms with Gasteiger partial charge in [-0.15, -0.1) is 0 Å². The molecule has 1 N–H and O–H groups in total. The Morgan fingerprint density at radius 2 is 3.20 bits per heavy atom. The fourth-order valence-corrected chi connectivity index (χ4v) is 0. The number of carbonyl (C=O) groups is 1. The molecule has 2 heteroatoms. The molecular formula is C3H6O2. The van der Waals surface area contributed by atoms with Gasteiger partial charge in [-0.25, -0.2) is 0 Å². The molecule has 0 fully saturated rings. The van der Waals surface area contributed by atoms with Gasteiger partial charge in [-0.3, -0.25) is 4.79 Å². The first kappa shape index (κ1) is 0.965. The minimum absolute atomic E-state index is 1.62. The standard InChI is InChI=1S/C3H6O2/c1-2-3(4)5/h2H2,1H3,(H,4,5)/i1D3,2D. The van der Waals surface area contributed by atoms with Crippen LogP contribution in [0, 0.1) is 0 Å². The molecule has 0 saturated carbocycles. The molecule has 0 bridgehead atoms. The van der Waals surface area contributed by atoms with Crippen LogP contribution in [0.5, 0.6) is 0 Å². The summed E-state index contributed by atoms with van der Waals surface area (Å²) < 4.78 is 25.8. The smallest absolute Gasteiger partial charge is 0.303 e. The van der Waals surface area contributed by atoms with E-state index in [0.29, 0.717) is 0 Å². The molecule has 0 aliphatic carbocycles. The zero-order valence-electron chi connectivity index (χ0n) is 6.43. The molecule has 30 valence electrons. The highest BCUT2D eigenvalue weighted by Gasteiger charge is 1.80. The van der Waals surface area contributed by atoms with E-state index < -0.39 is 19.2 Å². The summed E-state index contributed by atoms with van der Waals surface area (Å²) in [7, 11) is 0. The van der Waals surface area contributed by atoms with Crippen LogP contribution in [-0.4, -0.2) is 11.1 Å². The summed E-state index contributed by atoms with van der Waals surface area (Å²) in [6.45, 7) is -2.70. The topological polar surface area (TPSA) is 37.3 Å². The van der Waals surface area contributed by atoms with Crippen molar-refractivity contribution in [2.24, 2.45) is 0 Å². The van der Waals surface area contributed by atoms with Gasteiger partial charge in [0.2, 0.25) is 0 Å². The minimum Gasteiger partial charge on any atom is -0.481 e. The summed E-state index contributed by atoms with van der Waals surface area (Å²) in [6.07, 6.45) is -2.02. The number of hydrogen-bond acceptors (Lipinski definition) is 1. The van der Waals surface area contributed by atoms with Crippen LogP contribution in [0.15, 0.2) is 0 Å². The summed E-state index contributed by atoms with van der Waals surface area (Å²) in [5.74, 6) is -1.62. The average molecular weight is 78.1 g/mol. The molecule has 0 aromatic heterocycles. The predicted molar refractivity (Wildman–Crippen MR) is 17.9 cm³/mol. The van der Waals surface area contributed by atoms with Crippen LogP contribution >= 0.6 is 0 Å².